The molecule has 0 aliphatic rings. The van der Waals surface area contributed by atoms with Gasteiger partial charge in [0.2, 0.25) is 0 Å². The maximum atomic E-state index is 12.7. The Labute approximate surface area is 145 Å². The Morgan fingerprint density at radius 2 is 1.81 bits per heavy atom. The van der Waals surface area contributed by atoms with E-state index in [1.165, 1.54) is 0 Å². The molecule has 0 fully saturated rings. The molecule has 0 aliphatic heterocycles. The molecule has 0 aliphatic carbocycles. The number of aromatic amines is 1. The van der Waals surface area contributed by atoms with Gasteiger partial charge in [-0.15, -0.1) is 0 Å². The summed E-state index contributed by atoms with van der Waals surface area (Å²) in [6, 6.07) is 7.10. The molecule has 26 heavy (non-hydrogen) atoms. The molecule has 0 amide bonds. The number of aryl methyl sites for hydroxylation is 1. The second-order valence-corrected chi connectivity index (χ2v) is 5.84. The van der Waals surface area contributed by atoms with Gasteiger partial charge < -0.3 is 4.98 Å². The zero-order chi connectivity index (χ0) is 18.3. The molecular weight excluding hydrogens is 345 g/mol. The molecule has 0 saturated carbocycles. The average molecular weight is 358 g/mol. The number of aromatic nitrogens is 6. The summed E-state index contributed by atoms with van der Waals surface area (Å²) in [7, 11) is 0. The van der Waals surface area contributed by atoms with Crippen LogP contribution in [0, 0.1) is 6.92 Å². The van der Waals surface area contributed by atoms with Gasteiger partial charge in [-0.2, -0.15) is 18.3 Å². The smallest absolute Gasteiger partial charge is 0.334 e. The van der Waals surface area contributed by atoms with E-state index in [2.05, 4.69) is 25.0 Å². The van der Waals surface area contributed by atoms with Crippen LogP contribution in [0.1, 0.15) is 17.1 Å². The van der Waals surface area contributed by atoms with Gasteiger partial charge in [-0.1, -0.05) is 24.3 Å². The van der Waals surface area contributed by atoms with Crippen LogP contribution in [0.25, 0.3) is 22.4 Å². The minimum absolute atomic E-state index is 0.178. The fourth-order valence-corrected chi connectivity index (χ4v) is 2.62. The Kier molecular flexibility index (Phi) is 3.71. The van der Waals surface area contributed by atoms with Crippen molar-refractivity contribution in [3.8, 4) is 11.4 Å². The number of benzene rings is 1. The molecule has 0 saturated heterocycles. The van der Waals surface area contributed by atoms with Gasteiger partial charge in [0.15, 0.2) is 5.65 Å². The number of H-pyrrole nitrogens is 1. The average Bonchev–Trinajstić information content (AvgIpc) is 3.23. The number of alkyl halides is 3. The van der Waals surface area contributed by atoms with Crippen LogP contribution in [-0.4, -0.2) is 29.7 Å². The van der Waals surface area contributed by atoms with Gasteiger partial charge in [0, 0.05) is 11.8 Å². The quantitative estimate of drug-likeness (QED) is 0.607. The van der Waals surface area contributed by atoms with Crippen molar-refractivity contribution in [1.29, 1.82) is 0 Å². The third kappa shape index (κ3) is 3.03. The number of hydrogen-bond acceptors (Lipinski definition) is 4. The first kappa shape index (κ1) is 16.2. The fourth-order valence-electron chi connectivity index (χ4n) is 2.62. The van der Waals surface area contributed by atoms with Gasteiger partial charge in [-0.05, 0) is 12.5 Å². The van der Waals surface area contributed by atoms with E-state index in [9.17, 15) is 13.2 Å². The molecule has 6 nitrogen and oxygen atoms in total. The van der Waals surface area contributed by atoms with Crippen molar-refractivity contribution in [3.63, 3.8) is 0 Å². The lowest BCUT2D eigenvalue weighted by molar-refractivity contribution is -0.140. The van der Waals surface area contributed by atoms with Crippen molar-refractivity contribution in [2.45, 2.75) is 19.6 Å². The van der Waals surface area contributed by atoms with E-state index in [4.69, 9.17) is 0 Å². The van der Waals surface area contributed by atoms with E-state index >= 15 is 0 Å². The Balaban J connectivity index is 1.58. The molecule has 132 valence electrons. The number of nitrogens with zero attached hydrogens (tertiary/aromatic N) is 5. The highest BCUT2D eigenvalue weighted by Gasteiger charge is 2.33. The minimum atomic E-state index is -4.44. The highest BCUT2D eigenvalue weighted by Crippen LogP contribution is 2.29. The zero-order valence-electron chi connectivity index (χ0n) is 13.6. The highest BCUT2D eigenvalue weighted by molar-refractivity contribution is 5.73. The summed E-state index contributed by atoms with van der Waals surface area (Å²) in [6.07, 6.45) is -0.225. The van der Waals surface area contributed by atoms with Crippen LogP contribution in [0.3, 0.4) is 0 Å². The van der Waals surface area contributed by atoms with Gasteiger partial charge in [-0.3, -0.25) is 0 Å². The molecule has 0 unspecified atom stereocenters. The van der Waals surface area contributed by atoms with Crippen molar-refractivity contribution < 1.29 is 13.2 Å². The summed E-state index contributed by atoms with van der Waals surface area (Å²) in [5, 5.41) is 5.16. The molecule has 4 rings (SSSR count). The number of imidazole rings is 1. The predicted molar refractivity (Wildman–Crippen MR) is 88.2 cm³/mol. The SMILES string of the molecule is Cc1ncc2cnn(Cc3ccc(-c4ncc(C(F)(F)F)[nH]4)cc3)c2n1. The second kappa shape index (κ2) is 5.94. The van der Waals surface area contributed by atoms with Crippen LogP contribution in [0.4, 0.5) is 13.2 Å². The van der Waals surface area contributed by atoms with Crippen molar-refractivity contribution in [2.24, 2.45) is 0 Å². The molecule has 1 aromatic carbocycles. The van der Waals surface area contributed by atoms with Gasteiger partial charge in [0.25, 0.3) is 0 Å². The summed E-state index contributed by atoms with van der Waals surface area (Å²) in [6.45, 7) is 2.30. The zero-order valence-corrected chi connectivity index (χ0v) is 13.6. The van der Waals surface area contributed by atoms with Gasteiger partial charge in [0.05, 0.1) is 24.3 Å². The number of halogens is 3. The van der Waals surface area contributed by atoms with E-state index < -0.39 is 11.9 Å². The van der Waals surface area contributed by atoms with E-state index in [1.807, 2.05) is 19.1 Å². The molecule has 4 aromatic rings. The van der Waals surface area contributed by atoms with Crippen LogP contribution in [0.15, 0.2) is 42.9 Å². The highest BCUT2D eigenvalue weighted by atomic mass is 19.4. The molecule has 0 atom stereocenters. The Bertz CT molecular complexity index is 1060. The van der Waals surface area contributed by atoms with E-state index in [1.54, 1.807) is 29.2 Å². The molecule has 1 N–H and O–H groups in total. The van der Waals surface area contributed by atoms with Crippen molar-refractivity contribution >= 4 is 11.0 Å². The Morgan fingerprint density at radius 1 is 1.04 bits per heavy atom. The summed E-state index contributed by atoms with van der Waals surface area (Å²) < 4.78 is 39.7. The van der Waals surface area contributed by atoms with Crippen LogP contribution >= 0.6 is 0 Å². The first-order valence-corrected chi connectivity index (χ1v) is 7.77. The van der Waals surface area contributed by atoms with Gasteiger partial charge in [0.1, 0.15) is 17.3 Å². The minimum Gasteiger partial charge on any atom is -0.334 e. The predicted octanol–water partition coefficient (Wildman–Crippen LogP) is 3.59. The standard InChI is InChI=1S/C17H13F3N6/c1-10-21-6-13-7-23-26(16(13)24-10)9-11-2-4-12(5-3-11)15-22-8-14(25-15)17(18,19)20/h2-8H,9H2,1H3,(H,22,25). The van der Waals surface area contributed by atoms with Crippen molar-refractivity contribution in [2.75, 3.05) is 0 Å². The normalized spacial score (nSPS) is 12.0. The Hall–Kier alpha value is -3.23. The summed E-state index contributed by atoms with van der Waals surface area (Å²) in [5.74, 6) is 0.838. The van der Waals surface area contributed by atoms with Crippen LogP contribution in [-0.2, 0) is 12.7 Å². The number of rotatable bonds is 3. The largest absolute Gasteiger partial charge is 0.432 e. The second-order valence-electron chi connectivity index (χ2n) is 5.84. The number of hydrogen-bond donors (Lipinski definition) is 1. The summed E-state index contributed by atoms with van der Waals surface area (Å²) in [4.78, 5) is 14.6. The number of nitrogens with one attached hydrogen (secondary N) is 1. The molecule has 0 bridgehead atoms. The topological polar surface area (TPSA) is 72.3 Å². The van der Waals surface area contributed by atoms with Gasteiger partial charge >= 0.3 is 6.18 Å². The van der Waals surface area contributed by atoms with Crippen molar-refractivity contribution in [1.82, 2.24) is 29.7 Å². The van der Waals surface area contributed by atoms with E-state index in [0.717, 1.165) is 22.8 Å². The lowest BCUT2D eigenvalue weighted by atomic mass is 10.1. The number of fused-ring (bicyclic) bond motifs is 1. The molecule has 0 spiro atoms. The molecule has 3 heterocycles. The first-order chi connectivity index (χ1) is 12.4. The van der Waals surface area contributed by atoms with E-state index in [0.29, 0.717) is 17.9 Å². The molecule has 0 radical (unpaired) electrons. The maximum absolute atomic E-state index is 12.7. The molecule has 9 heteroatoms. The van der Waals surface area contributed by atoms with E-state index in [-0.39, 0.29) is 5.82 Å². The third-order valence-corrected chi connectivity index (χ3v) is 3.94. The van der Waals surface area contributed by atoms with Crippen LogP contribution in [0.2, 0.25) is 0 Å². The first-order valence-electron chi connectivity index (χ1n) is 7.77. The maximum Gasteiger partial charge on any atom is 0.432 e. The summed E-state index contributed by atoms with van der Waals surface area (Å²) in [5.41, 5.74) is 1.39. The lowest BCUT2D eigenvalue weighted by Gasteiger charge is -2.05. The lowest BCUT2D eigenvalue weighted by Crippen LogP contribution is -2.05. The van der Waals surface area contributed by atoms with Gasteiger partial charge in [-0.25, -0.2) is 19.6 Å². The van der Waals surface area contributed by atoms with Crippen molar-refractivity contribution in [3.05, 3.63) is 59.9 Å². The molecule has 3 aromatic heterocycles. The molecular formula is C17H13F3N6. The third-order valence-electron chi connectivity index (χ3n) is 3.94. The fraction of sp³-hybridized carbons (Fsp3) is 0.176. The monoisotopic (exact) mass is 358 g/mol. The van der Waals surface area contributed by atoms with Crippen LogP contribution in [0.5, 0.6) is 0 Å². The summed E-state index contributed by atoms with van der Waals surface area (Å²) >= 11 is 0. The van der Waals surface area contributed by atoms with Crippen LogP contribution < -0.4 is 0 Å². The Morgan fingerprint density at radius 3 is 2.50 bits per heavy atom.